The Kier molecular flexibility index (Phi) is 5.80. The summed E-state index contributed by atoms with van der Waals surface area (Å²) in [6, 6.07) is 3.03. The van der Waals surface area contributed by atoms with Gasteiger partial charge in [0.15, 0.2) is 23.2 Å². The van der Waals surface area contributed by atoms with E-state index in [-0.39, 0.29) is 29.0 Å². The summed E-state index contributed by atoms with van der Waals surface area (Å²) in [6.45, 7) is -0.366. The maximum atomic E-state index is 13.5. The zero-order valence-electron chi connectivity index (χ0n) is 17.8. The van der Waals surface area contributed by atoms with Crippen molar-refractivity contribution in [3.8, 4) is 5.75 Å². The Balaban J connectivity index is 1.40. The summed E-state index contributed by atoms with van der Waals surface area (Å²) in [6.07, 6.45) is -6.08. The first kappa shape index (κ1) is 23.7. The van der Waals surface area contributed by atoms with Crippen LogP contribution in [0.15, 0.2) is 24.4 Å². The fraction of sp³-hybridized carbons (Fsp3) is 0.500. The van der Waals surface area contributed by atoms with Gasteiger partial charge in [0.1, 0.15) is 5.69 Å². The molecule has 1 saturated carbocycles. The van der Waals surface area contributed by atoms with Crippen molar-refractivity contribution in [2.75, 3.05) is 29.9 Å². The minimum atomic E-state index is -4.80. The van der Waals surface area contributed by atoms with Crippen molar-refractivity contribution in [3.63, 3.8) is 0 Å². The van der Waals surface area contributed by atoms with Crippen molar-refractivity contribution < 1.29 is 31.1 Å². The lowest BCUT2D eigenvalue weighted by Gasteiger charge is -2.39. The Labute approximate surface area is 199 Å². The first-order valence-corrected chi connectivity index (χ1v) is 11.0. The molecular formula is C20H18ClF6N7O. The number of pyridine rings is 1. The van der Waals surface area contributed by atoms with Crippen LogP contribution in [0.5, 0.6) is 5.75 Å². The SMILES string of the molecule is FC(F)(F)COc1ccc(C(F)(F)F)n2nc(NC3[C@@H]4CC[C@H]3CN(c3cnnc(Cl)c3)C4)nc12. The van der Waals surface area contributed by atoms with Crippen LogP contribution in [-0.2, 0) is 6.18 Å². The number of anilines is 2. The molecule has 2 aliphatic rings. The van der Waals surface area contributed by atoms with E-state index in [0.29, 0.717) is 23.7 Å². The van der Waals surface area contributed by atoms with Crippen LogP contribution < -0.4 is 15.0 Å². The van der Waals surface area contributed by atoms with E-state index in [2.05, 4.69) is 30.5 Å². The third-order valence-electron chi connectivity index (χ3n) is 6.24. The van der Waals surface area contributed by atoms with Gasteiger partial charge in [-0.15, -0.1) is 10.2 Å². The molecule has 0 amide bonds. The molecular weight excluding hydrogens is 504 g/mol. The minimum absolute atomic E-state index is 0.109. The molecule has 1 saturated heterocycles. The van der Waals surface area contributed by atoms with Gasteiger partial charge in [-0.1, -0.05) is 11.6 Å². The van der Waals surface area contributed by atoms with Crippen LogP contribution in [0.25, 0.3) is 5.65 Å². The summed E-state index contributed by atoms with van der Waals surface area (Å²) in [4.78, 5) is 6.19. The number of hydrogen-bond donors (Lipinski definition) is 1. The molecule has 1 unspecified atom stereocenters. The number of ether oxygens (including phenoxy) is 1. The molecule has 15 heteroatoms. The number of piperidine rings is 1. The van der Waals surface area contributed by atoms with Crippen molar-refractivity contribution in [2.45, 2.75) is 31.2 Å². The lowest BCUT2D eigenvalue weighted by Crippen LogP contribution is -2.48. The van der Waals surface area contributed by atoms with Crippen molar-refractivity contribution >= 4 is 28.9 Å². The second-order valence-corrected chi connectivity index (χ2v) is 8.95. The maximum absolute atomic E-state index is 13.5. The lowest BCUT2D eigenvalue weighted by atomic mass is 9.92. The predicted molar refractivity (Wildman–Crippen MR) is 112 cm³/mol. The summed E-state index contributed by atoms with van der Waals surface area (Å²) >= 11 is 5.95. The molecule has 0 aromatic carbocycles. The van der Waals surface area contributed by atoms with Crippen LogP contribution in [0.1, 0.15) is 18.5 Å². The Bertz CT molecular complexity index is 1220. The van der Waals surface area contributed by atoms with Crippen LogP contribution in [0.4, 0.5) is 38.0 Å². The van der Waals surface area contributed by atoms with Gasteiger partial charge in [0.2, 0.25) is 5.95 Å². The number of halogens is 7. The van der Waals surface area contributed by atoms with Gasteiger partial charge in [0.05, 0.1) is 11.9 Å². The van der Waals surface area contributed by atoms with Crippen LogP contribution in [0.3, 0.4) is 0 Å². The van der Waals surface area contributed by atoms with Crippen LogP contribution >= 0.6 is 11.6 Å². The molecule has 35 heavy (non-hydrogen) atoms. The topological polar surface area (TPSA) is 80.5 Å². The summed E-state index contributed by atoms with van der Waals surface area (Å²) in [5, 5.41) is 14.9. The van der Waals surface area contributed by atoms with Gasteiger partial charge in [-0.3, -0.25) is 0 Å². The quantitative estimate of drug-likeness (QED) is 0.497. The number of aromatic nitrogens is 5. The number of fused-ring (bicyclic) bond motifs is 3. The van der Waals surface area contributed by atoms with E-state index in [9.17, 15) is 26.3 Å². The van der Waals surface area contributed by atoms with E-state index in [1.54, 1.807) is 12.3 Å². The van der Waals surface area contributed by atoms with Crippen LogP contribution in [0.2, 0.25) is 5.15 Å². The fourth-order valence-corrected chi connectivity index (χ4v) is 4.97. The molecule has 3 atom stereocenters. The average Bonchev–Trinajstić information content (AvgIpc) is 3.27. The Morgan fingerprint density at radius 3 is 2.43 bits per heavy atom. The van der Waals surface area contributed by atoms with Gasteiger partial charge in [0, 0.05) is 25.2 Å². The van der Waals surface area contributed by atoms with E-state index >= 15 is 0 Å². The van der Waals surface area contributed by atoms with Crippen molar-refractivity contribution in [3.05, 3.63) is 35.2 Å². The van der Waals surface area contributed by atoms with E-state index in [1.807, 2.05) is 0 Å². The summed E-state index contributed by atoms with van der Waals surface area (Å²) < 4.78 is 83.5. The van der Waals surface area contributed by atoms with E-state index in [1.165, 1.54) is 0 Å². The van der Waals surface area contributed by atoms with E-state index in [0.717, 1.165) is 24.6 Å². The smallest absolute Gasteiger partial charge is 0.433 e. The number of nitrogens with one attached hydrogen (secondary N) is 1. The Morgan fingerprint density at radius 2 is 1.80 bits per heavy atom. The standard InChI is InChI=1S/C20H18ClF6N7O/c21-15-5-12(6-28-31-15)33-7-10-1-2-11(8-33)16(10)29-18-30-17-13(35-9-19(22,23)24)3-4-14(20(25,26)27)34(17)32-18/h3-6,10-11,16H,1-2,7-9H2,(H,29,32)/t10-,11+,16?. The molecule has 3 aromatic rings. The molecule has 2 fully saturated rings. The van der Waals surface area contributed by atoms with Crippen molar-refractivity contribution in [1.29, 1.82) is 0 Å². The highest BCUT2D eigenvalue weighted by molar-refractivity contribution is 6.29. The molecule has 5 rings (SSSR count). The van der Waals surface area contributed by atoms with Gasteiger partial charge in [-0.25, -0.2) is 4.52 Å². The second-order valence-electron chi connectivity index (χ2n) is 8.56. The Morgan fingerprint density at radius 1 is 1.09 bits per heavy atom. The first-order chi connectivity index (χ1) is 16.5. The largest absolute Gasteiger partial charge is 0.480 e. The minimum Gasteiger partial charge on any atom is -0.480 e. The predicted octanol–water partition coefficient (Wildman–Crippen LogP) is 4.46. The summed E-state index contributed by atoms with van der Waals surface area (Å²) in [5.74, 6) is -0.288. The zero-order chi connectivity index (χ0) is 25.0. The molecule has 8 nitrogen and oxygen atoms in total. The van der Waals surface area contributed by atoms with Gasteiger partial charge in [0.25, 0.3) is 0 Å². The molecule has 0 spiro atoms. The molecule has 0 radical (unpaired) electrons. The van der Waals surface area contributed by atoms with Crippen molar-refractivity contribution in [2.24, 2.45) is 11.8 Å². The fourth-order valence-electron chi connectivity index (χ4n) is 4.81. The highest BCUT2D eigenvalue weighted by Gasteiger charge is 2.43. The number of rotatable bonds is 5. The maximum Gasteiger partial charge on any atom is 0.433 e. The Hall–Kier alpha value is -3.03. The molecule has 188 valence electrons. The highest BCUT2D eigenvalue weighted by atomic mass is 35.5. The van der Waals surface area contributed by atoms with Crippen LogP contribution in [0, 0.1) is 11.8 Å². The van der Waals surface area contributed by atoms with Gasteiger partial charge in [-0.05, 0) is 36.8 Å². The van der Waals surface area contributed by atoms with E-state index in [4.69, 9.17) is 16.3 Å². The molecule has 1 aliphatic carbocycles. The lowest BCUT2D eigenvalue weighted by molar-refractivity contribution is -0.153. The van der Waals surface area contributed by atoms with Gasteiger partial charge >= 0.3 is 12.4 Å². The molecule has 4 heterocycles. The normalized spacial score (nSPS) is 22.6. The average molecular weight is 522 g/mol. The van der Waals surface area contributed by atoms with Gasteiger partial charge in [-0.2, -0.15) is 36.4 Å². The van der Waals surface area contributed by atoms with Gasteiger partial charge < -0.3 is 15.0 Å². The number of nitrogens with zero attached hydrogens (tertiary/aromatic N) is 6. The highest BCUT2D eigenvalue weighted by Crippen LogP contribution is 2.40. The zero-order valence-corrected chi connectivity index (χ0v) is 18.6. The van der Waals surface area contributed by atoms with E-state index < -0.39 is 36.1 Å². The first-order valence-electron chi connectivity index (χ1n) is 10.6. The summed E-state index contributed by atoms with van der Waals surface area (Å²) in [7, 11) is 0. The molecule has 3 aromatic heterocycles. The third-order valence-corrected chi connectivity index (χ3v) is 6.42. The summed E-state index contributed by atoms with van der Waals surface area (Å²) in [5.41, 5.74) is -0.798. The monoisotopic (exact) mass is 521 g/mol. The molecule has 2 bridgehead atoms. The van der Waals surface area contributed by atoms with Crippen LogP contribution in [-0.4, -0.2) is 56.7 Å². The second kappa shape index (κ2) is 8.57. The molecule has 1 N–H and O–H groups in total. The number of hydrogen-bond acceptors (Lipinski definition) is 7. The third kappa shape index (κ3) is 4.88. The molecule has 1 aliphatic heterocycles. The van der Waals surface area contributed by atoms with Crippen molar-refractivity contribution in [1.82, 2.24) is 24.8 Å². The number of alkyl halides is 6.